The Morgan fingerprint density at radius 2 is 2.00 bits per heavy atom. The van der Waals surface area contributed by atoms with E-state index in [4.69, 9.17) is 16.3 Å². The van der Waals surface area contributed by atoms with Crippen LogP contribution in [0, 0.1) is 0 Å². The molecule has 22 heavy (non-hydrogen) atoms. The summed E-state index contributed by atoms with van der Waals surface area (Å²) in [5.74, 6) is 1.01. The molecule has 0 radical (unpaired) electrons. The highest BCUT2D eigenvalue weighted by Crippen LogP contribution is 2.46. The van der Waals surface area contributed by atoms with E-state index in [0.717, 1.165) is 27.8 Å². The summed E-state index contributed by atoms with van der Waals surface area (Å²) in [6.07, 6.45) is 2.25. The van der Waals surface area contributed by atoms with Gasteiger partial charge in [0.25, 0.3) is 0 Å². The van der Waals surface area contributed by atoms with Gasteiger partial charge in [0, 0.05) is 28.0 Å². The molecule has 0 amide bonds. The Hall–Kier alpha value is -1.97. The molecular formula is C18H16ClNO2. The Bertz CT molecular complexity index is 855. The molecule has 0 unspecified atom stereocenters. The molecule has 0 aliphatic heterocycles. The summed E-state index contributed by atoms with van der Waals surface area (Å²) in [6, 6.07) is 11.8. The van der Waals surface area contributed by atoms with Crippen LogP contribution in [0.3, 0.4) is 0 Å². The van der Waals surface area contributed by atoms with Gasteiger partial charge in [-0.15, -0.1) is 0 Å². The third-order valence-electron chi connectivity index (χ3n) is 4.54. The number of ether oxygens (including phenoxy) is 1. The molecule has 2 aromatic carbocycles. The quantitative estimate of drug-likeness (QED) is 0.736. The number of aliphatic hydroxyl groups excluding tert-OH is 1. The third kappa shape index (κ3) is 2.01. The lowest BCUT2D eigenvalue weighted by molar-refractivity contribution is 0.176. The van der Waals surface area contributed by atoms with Gasteiger partial charge < -0.3 is 14.8 Å². The molecule has 2 atom stereocenters. The number of aromatic nitrogens is 1. The fourth-order valence-corrected chi connectivity index (χ4v) is 3.64. The number of fused-ring (bicyclic) bond motifs is 2. The second kappa shape index (κ2) is 5.04. The monoisotopic (exact) mass is 313 g/mol. The summed E-state index contributed by atoms with van der Waals surface area (Å²) in [4.78, 5) is 3.31. The van der Waals surface area contributed by atoms with Crippen molar-refractivity contribution in [1.29, 1.82) is 0 Å². The van der Waals surface area contributed by atoms with E-state index in [1.807, 2.05) is 42.6 Å². The number of aliphatic hydroxyl groups is 1. The van der Waals surface area contributed by atoms with Gasteiger partial charge in [-0.25, -0.2) is 0 Å². The molecule has 0 spiro atoms. The highest BCUT2D eigenvalue weighted by atomic mass is 35.5. The van der Waals surface area contributed by atoms with E-state index in [-0.39, 0.29) is 5.92 Å². The Labute approximate surface area is 133 Å². The van der Waals surface area contributed by atoms with Crippen molar-refractivity contribution in [3.63, 3.8) is 0 Å². The summed E-state index contributed by atoms with van der Waals surface area (Å²) in [7, 11) is 1.67. The van der Waals surface area contributed by atoms with Crippen LogP contribution >= 0.6 is 11.6 Å². The van der Waals surface area contributed by atoms with Crippen LogP contribution in [0.25, 0.3) is 10.9 Å². The number of H-pyrrole nitrogens is 1. The molecule has 4 heteroatoms. The van der Waals surface area contributed by atoms with Crippen molar-refractivity contribution in [2.45, 2.75) is 18.4 Å². The fourth-order valence-electron chi connectivity index (χ4n) is 3.46. The summed E-state index contributed by atoms with van der Waals surface area (Å²) >= 11 is 6.06. The molecule has 3 aromatic rings. The SMILES string of the molecule is COc1ccc2[nH]cc([C@@H]3C[C@H](O)c4cc(Cl)ccc43)c2c1. The van der Waals surface area contributed by atoms with Crippen molar-refractivity contribution in [1.82, 2.24) is 4.98 Å². The maximum absolute atomic E-state index is 10.4. The van der Waals surface area contributed by atoms with Crippen LogP contribution in [-0.2, 0) is 0 Å². The topological polar surface area (TPSA) is 45.2 Å². The first kappa shape index (κ1) is 13.7. The van der Waals surface area contributed by atoms with Gasteiger partial charge >= 0.3 is 0 Å². The van der Waals surface area contributed by atoms with Crippen molar-refractivity contribution in [2.75, 3.05) is 7.11 Å². The number of nitrogens with one attached hydrogen (secondary N) is 1. The number of rotatable bonds is 2. The number of halogens is 1. The zero-order valence-corrected chi connectivity index (χ0v) is 12.9. The molecule has 1 heterocycles. The molecule has 0 saturated carbocycles. The molecule has 3 nitrogen and oxygen atoms in total. The van der Waals surface area contributed by atoms with E-state index >= 15 is 0 Å². The highest BCUT2D eigenvalue weighted by Gasteiger charge is 2.32. The average molecular weight is 314 g/mol. The van der Waals surface area contributed by atoms with Crippen LogP contribution in [-0.4, -0.2) is 17.2 Å². The van der Waals surface area contributed by atoms with E-state index in [9.17, 15) is 5.11 Å². The minimum atomic E-state index is -0.464. The molecule has 1 aromatic heterocycles. The first-order valence-corrected chi connectivity index (χ1v) is 7.67. The lowest BCUT2D eigenvalue weighted by Crippen LogP contribution is -1.95. The van der Waals surface area contributed by atoms with E-state index in [1.165, 1.54) is 5.56 Å². The Balaban J connectivity index is 1.87. The summed E-state index contributed by atoms with van der Waals surface area (Å²) < 4.78 is 5.33. The molecule has 0 fully saturated rings. The van der Waals surface area contributed by atoms with Crippen molar-refractivity contribution in [3.05, 3.63) is 64.3 Å². The number of hydrogen-bond acceptors (Lipinski definition) is 2. The maximum Gasteiger partial charge on any atom is 0.119 e. The van der Waals surface area contributed by atoms with Crippen LogP contribution in [0.2, 0.25) is 5.02 Å². The number of hydrogen-bond donors (Lipinski definition) is 2. The second-order valence-electron chi connectivity index (χ2n) is 5.73. The third-order valence-corrected chi connectivity index (χ3v) is 4.77. The Kier molecular flexibility index (Phi) is 3.13. The van der Waals surface area contributed by atoms with Crippen molar-refractivity contribution >= 4 is 22.5 Å². The predicted octanol–water partition coefficient (Wildman–Crippen LogP) is 4.40. The van der Waals surface area contributed by atoms with Gasteiger partial charge in [-0.2, -0.15) is 0 Å². The molecule has 4 rings (SSSR count). The molecule has 112 valence electrons. The predicted molar refractivity (Wildman–Crippen MR) is 87.7 cm³/mol. The van der Waals surface area contributed by atoms with Gasteiger partial charge in [0.05, 0.1) is 13.2 Å². The highest BCUT2D eigenvalue weighted by molar-refractivity contribution is 6.30. The van der Waals surface area contributed by atoms with E-state index in [1.54, 1.807) is 7.11 Å². The minimum absolute atomic E-state index is 0.170. The number of aromatic amines is 1. The van der Waals surface area contributed by atoms with Crippen molar-refractivity contribution in [2.24, 2.45) is 0 Å². The average Bonchev–Trinajstić information content (AvgIpc) is 3.08. The van der Waals surface area contributed by atoms with Crippen LogP contribution in [0.4, 0.5) is 0 Å². The Morgan fingerprint density at radius 3 is 2.82 bits per heavy atom. The summed E-state index contributed by atoms with van der Waals surface area (Å²) in [5.41, 5.74) is 4.36. The summed E-state index contributed by atoms with van der Waals surface area (Å²) in [5, 5.41) is 12.2. The normalized spacial score (nSPS) is 20.3. The van der Waals surface area contributed by atoms with Gasteiger partial charge in [-0.05, 0) is 53.4 Å². The zero-order chi connectivity index (χ0) is 15.3. The fraction of sp³-hybridized carbons (Fsp3) is 0.222. The van der Waals surface area contributed by atoms with E-state index < -0.39 is 6.10 Å². The summed E-state index contributed by atoms with van der Waals surface area (Å²) in [6.45, 7) is 0. The number of benzene rings is 2. The lowest BCUT2D eigenvalue weighted by Gasteiger charge is -2.11. The van der Waals surface area contributed by atoms with Crippen LogP contribution in [0.5, 0.6) is 5.75 Å². The van der Waals surface area contributed by atoms with Crippen molar-refractivity contribution in [3.8, 4) is 5.75 Å². The van der Waals surface area contributed by atoms with Gasteiger partial charge in [-0.3, -0.25) is 0 Å². The second-order valence-corrected chi connectivity index (χ2v) is 6.17. The van der Waals surface area contributed by atoms with Crippen molar-refractivity contribution < 1.29 is 9.84 Å². The first-order chi connectivity index (χ1) is 10.7. The van der Waals surface area contributed by atoms with Gasteiger partial charge in [0.1, 0.15) is 5.75 Å². The van der Waals surface area contributed by atoms with Crippen LogP contribution in [0.15, 0.2) is 42.6 Å². The van der Waals surface area contributed by atoms with Crippen LogP contribution in [0.1, 0.15) is 35.1 Å². The van der Waals surface area contributed by atoms with Crippen LogP contribution < -0.4 is 4.74 Å². The van der Waals surface area contributed by atoms with Gasteiger partial charge in [0.2, 0.25) is 0 Å². The number of methoxy groups -OCH3 is 1. The zero-order valence-electron chi connectivity index (χ0n) is 12.1. The standard InChI is InChI=1S/C18H16ClNO2/c1-22-11-3-5-17-14(7-11)16(9-20-17)13-8-18(21)15-6-10(19)2-4-12(13)15/h2-7,9,13,18,20-21H,8H2,1H3/t13-,18+/m1/s1. The molecule has 0 saturated heterocycles. The molecular weight excluding hydrogens is 298 g/mol. The maximum atomic E-state index is 10.4. The molecule has 1 aliphatic rings. The van der Waals surface area contributed by atoms with Gasteiger partial charge in [0.15, 0.2) is 0 Å². The minimum Gasteiger partial charge on any atom is -0.497 e. The molecule has 0 bridgehead atoms. The van der Waals surface area contributed by atoms with E-state index in [2.05, 4.69) is 4.98 Å². The van der Waals surface area contributed by atoms with Gasteiger partial charge in [-0.1, -0.05) is 17.7 Å². The van der Waals surface area contributed by atoms with E-state index in [0.29, 0.717) is 11.4 Å². The lowest BCUT2D eigenvalue weighted by atomic mass is 9.92. The molecule has 1 aliphatic carbocycles. The first-order valence-electron chi connectivity index (χ1n) is 7.30. The molecule has 2 N–H and O–H groups in total. The largest absolute Gasteiger partial charge is 0.497 e. The Morgan fingerprint density at radius 1 is 1.14 bits per heavy atom. The smallest absolute Gasteiger partial charge is 0.119 e.